The van der Waals surface area contributed by atoms with E-state index in [0.29, 0.717) is 0 Å². The predicted molar refractivity (Wildman–Crippen MR) is 113 cm³/mol. The van der Waals surface area contributed by atoms with E-state index in [0.717, 1.165) is 4.31 Å². The molecular weight excluding hydrogens is 435 g/mol. The second-order valence-corrected chi connectivity index (χ2v) is 9.59. The number of nitrogens with zero attached hydrogens (tertiary/aromatic N) is 1. The lowest BCUT2D eigenvalue weighted by Crippen LogP contribution is -2.39. The predicted octanol–water partition coefficient (Wildman–Crippen LogP) is 3.79. The average Bonchev–Trinajstić information content (AvgIpc) is 2.64. The van der Waals surface area contributed by atoms with Crippen LogP contribution in [0.1, 0.15) is 20.8 Å². The highest BCUT2D eigenvalue weighted by Crippen LogP contribution is 2.27. The van der Waals surface area contributed by atoms with Crippen LogP contribution < -0.4 is 9.62 Å². The molecule has 0 spiro atoms. The van der Waals surface area contributed by atoms with Gasteiger partial charge in [0.25, 0.3) is 15.9 Å². The van der Waals surface area contributed by atoms with E-state index in [2.05, 4.69) is 5.32 Å². The molecular formula is C20H22ClFN2O5S. The Morgan fingerprint density at radius 3 is 2.40 bits per heavy atom. The van der Waals surface area contributed by atoms with Gasteiger partial charge in [0, 0.05) is 10.7 Å². The van der Waals surface area contributed by atoms with Crippen molar-refractivity contribution in [3.05, 3.63) is 53.6 Å². The fraction of sp³-hybridized carbons (Fsp3) is 0.300. The number of alkyl halides is 1. The molecule has 0 unspecified atom stereocenters. The molecule has 2 aromatic carbocycles. The molecule has 2 aromatic rings. The first-order chi connectivity index (χ1) is 13.9. The van der Waals surface area contributed by atoms with Crippen molar-refractivity contribution in [3.63, 3.8) is 0 Å². The maximum Gasteiger partial charge on any atom is 0.327 e. The van der Waals surface area contributed by atoms with Gasteiger partial charge in [0.15, 0.2) is 6.67 Å². The minimum atomic E-state index is -4.26. The number of carbonyl (C=O) groups is 2. The zero-order chi connectivity index (χ0) is 22.5. The summed E-state index contributed by atoms with van der Waals surface area (Å²) in [5.74, 6) is -1.67. The van der Waals surface area contributed by atoms with E-state index in [4.69, 9.17) is 16.3 Å². The van der Waals surface area contributed by atoms with E-state index >= 15 is 0 Å². The van der Waals surface area contributed by atoms with Gasteiger partial charge in [-0.15, -0.1) is 0 Å². The van der Waals surface area contributed by atoms with Gasteiger partial charge in [0.2, 0.25) is 0 Å². The molecule has 10 heteroatoms. The van der Waals surface area contributed by atoms with Crippen molar-refractivity contribution in [1.29, 1.82) is 0 Å². The summed E-state index contributed by atoms with van der Waals surface area (Å²) in [6.45, 7) is 3.16. The van der Waals surface area contributed by atoms with Crippen molar-refractivity contribution < 1.29 is 27.1 Å². The van der Waals surface area contributed by atoms with Gasteiger partial charge in [-0.3, -0.25) is 13.9 Å². The fourth-order valence-electron chi connectivity index (χ4n) is 2.49. The van der Waals surface area contributed by atoms with Crippen molar-refractivity contribution in [2.75, 3.05) is 22.8 Å². The SMILES string of the molecule is CC(C)(C)OC(=O)CN(c1cccc(Cl)c1)S(=O)(=O)c1cccc(NC(=O)CF)c1. The van der Waals surface area contributed by atoms with Gasteiger partial charge in [-0.2, -0.15) is 0 Å². The third-order valence-corrected chi connectivity index (χ3v) is 5.62. The number of rotatable bonds is 7. The van der Waals surface area contributed by atoms with E-state index in [1.807, 2.05) is 0 Å². The van der Waals surface area contributed by atoms with Crippen molar-refractivity contribution in [3.8, 4) is 0 Å². The molecule has 0 aliphatic carbocycles. The van der Waals surface area contributed by atoms with Crippen molar-refractivity contribution >= 4 is 44.9 Å². The highest BCUT2D eigenvalue weighted by Gasteiger charge is 2.29. The van der Waals surface area contributed by atoms with Gasteiger partial charge in [-0.1, -0.05) is 23.7 Å². The number of esters is 1. The lowest BCUT2D eigenvalue weighted by molar-refractivity contribution is -0.152. The maximum absolute atomic E-state index is 13.3. The topological polar surface area (TPSA) is 92.8 Å². The minimum Gasteiger partial charge on any atom is -0.459 e. The Balaban J connectivity index is 2.47. The summed E-state index contributed by atoms with van der Waals surface area (Å²) in [7, 11) is -4.26. The summed E-state index contributed by atoms with van der Waals surface area (Å²) in [4.78, 5) is 23.5. The summed E-state index contributed by atoms with van der Waals surface area (Å²) < 4.78 is 45.3. The number of anilines is 2. The normalized spacial score (nSPS) is 11.6. The molecule has 0 fully saturated rings. The summed E-state index contributed by atoms with van der Waals surface area (Å²) >= 11 is 6.01. The number of nitrogens with one attached hydrogen (secondary N) is 1. The zero-order valence-corrected chi connectivity index (χ0v) is 18.3. The second-order valence-electron chi connectivity index (χ2n) is 7.29. The molecule has 0 heterocycles. The molecule has 1 N–H and O–H groups in total. The average molecular weight is 457 g/mol. The summed E-state index contributed by atoms with van der Waals surface area (Å²) in [6, 6.07) is 11.3. The number of halogens is 2. The van der Waals surface area contributed by atoms with Gasteiger partial charge >= 0.3 is 5.97 Å². The first kappa shape index (κ1) is 23.6. The molecule has 162 valence electrons. The van der Waals surface area contributed by atoms with Crippen LogP contribution in [-0.2, 0) is 24.3 Å². The van der Waals surface area contributed by atoms with Gasteiger partial charge in [-0.05, 0) is 57.2 Å². The molecule has 0 aliphatic rings. The summed E-state index contributed by atoms with van der Waals surface area (Å²) in [5.41, 5.74) is -0.550. The molecule has 0 saturated carbocycles. The summed E-state index contributed by atoms with van der Waals surface area (Å²) in [5, 5.41) is 2.53. The van der Waals surface area contributed by atoms with E-state index < -0.39 is 40.7 Å². The molecule has 0 atom stereocenters. The smallest absolute Gasteiger partial charge is 0.327 e. The fourth-order valence-corrected chi connectivity index (χ4v) is 4.13. The molecule has 1 amide bonds. The Kier molecular flexibility index (Phi) is 7.44. The Morgan fingerprint density at radius 1 is 1.13 bits per heavy atom. The zero-order valence-electron chi connectivity index (χ0n) is 16.7. The molecule has 0 saturated heterocycles. The number of sulfonamides is 1. The van der Waals surface area contributed by atoms with Crippen LogP contribution in [0, 0.1) is 0 Å². The largest absolute Gasteiger partial charge is 0.459 e. The quantitative estimate of drug-likeness (QED) is 0.640. The van der Waals surface area contributed by atoms with E-state index in [-0.39, 0.29) is 21.3 Å². The Hall–Kier alpha value is -2.65. The van der Waals surface area contributed by atoms with Crippen LogP contribution in [0.25, 0.3) is 0 Å². The monoisotopic (exact) mass is 456 g/mol. The number of hydrogen-bond donors (Lipinski definition) is 1. The minimum absolute atomic E-state index is 0.0991. The highest BCUT2D eigenvalue weighted by atomic mass is 35.5. The van der Waals surface area contributed by atoms with E-state index in [1.54, 1.807) is 32.9 Å². The lowest BCUT2D eigenvalue weighted by atomic mass is 10.2. The second kappa shape index (κ2) is 9.44. The van der Waals surface area contributed by atoms with Crippen molar-refractivity contribution in [2.45, 2.75) is 31.3 Å². The van der Waals surface area contributed by atoms with Crippen LogP contribution in [0.2, 0.25) is 5.02 Å². The Bertz CT molecular complexity index is 1040. The van der Waals surface area contributed by atoms with Gasteiger partial charge in [0.1, 0.15) is 12.1 Å². The maximum atomic E-state index is 13.3. The number of amides is 1. The van der Waals surface area contributed by atoms with Crippen molar-refractivity contribution in [2.24, 2.45) is 0 Å². The van der Waals surface area contributed by atoms with Crippen LogP contribution in [0.4, 0.5) is 15.8 Å². The highest BCUT2D eigenvalue weighted by molar-refractivity contribution is 7.92. The first-order valence-corrected chi connectivity index (χ1v) is 10.7. The number of benzene rings is 2. The summed E-state index contributed by atoms with van der Waals surface area (Å²) in [6.07, 6.45) is 0. The van der Waals surface area contributed by atoms with Crippen LogP contribution >= 0.6 is 11.6 Å². The van der Waals surface area contributed by atoms with Crippen LogP contribution in [0.15, 0.2) is 53.4 Å². The number of hydrogen-bond acceptors (Lipinski definition) is 5. The van der Waals surface area contributed by atoms with Gasteiger partial charge in [-0.25, -0.2) is 12.8 Å². The Morgan fingerprint density at radius 2 is 1.80 bits per heavy atom. The molecule has 30 heavy (non-hydrogen) atoms. The molecule has 2 rings (SSSR count). The molecule has 0 radical (unpaired) electrons. The Labute approximate surface area is 179 Å². The van der Waals surface area contributed by atoms with Crippen molar-refractivity contribution in [1.82, 2.24) is 0 Å². The molecule has 0 aromatic heterocycles. The molecule has 7 nitrogen and oxygen atoms in total. The van der Waals surface area contributed by atoms with Crippen LogP contribution in [0.3, 0.4) is 0 Å². The lowest BCUT2D eigenvalue weighted by Gasteiger charge is -2.26. The van der Waals surface area contributed by atoms with Crippen LogP contribution in [0.5, 0.6) is 0 Å². The van der Waals surface area contributed by atoms with E-state index in [1.165, 1.54) is 36.4 Å². The molecule has 0 bridgehead atoms. The van der Waals surface area contributed by atoms with Crippen LogP contribution in [-0.4, -0.2) is 39.1 Å². The third kappa shape index (κ3) is 6.43. The molecule has 0 aliphatic heterocycles. The van der Waals surface area contributed by atoms with Gasteiger partial charge < -0.3 is 10.1 Å². The standard InChI is InChI=1S/C20H22ClFN2O5S/c1-20(2,3)29-19(26)13-24(16-8-4-6-14(21)10-16)30(27,28)17-9-5-7-15(11-17)23-18(25)12-22/h4-11H,12-13H2,1-3H3,(H,23,25). The first-order valence-electron chi connectivity index (χ1n) is 8.88. The number of ether oxygens (including phenoxy) is 1. The number of carbonyl (C=O) groups excluding carboxylic acids is 2. The van der Waals surface area contributed by atoms with Gasteiger partial charge in [0.05, 0.1) is 10.6 Å². The third-order valence-electron chi connectivity index (χ3n) is 3.62. The van der Waals surface area contributed by atoms with E-state index in [9.17, 15) is 22.4 Å².